The molecule has 188 valence electrons. The third kappa shape index (κ3) is 5.32. The maximum Gasteiger partial charge on any atom is 0.351 e. The molecule has 3 atom stereocenters. The zero-order valence-electron chi connectivity index (χ0n) is 22.3. The van der Waals surface area contributed by atoms with E-state index in [-0.39, 0.29) is 27.7 Å². The summed E-state index contributed by atoms with van der Waals surface area (Å²) in [5.41, 5.74) is 4.79. The molecule has 0 aromatic carbocycles. The average molecular weight is 496 g/mol. The van der Waals surface area contributed by atoms with Crippen LogP contribution in [0.2, 0.25) is 36.3 Å². The Balaban J connectivity index is 1.99. The van der Waals surface area contributed by atoms with Crippen LogP contribution in [0.3, 0.4) is 0 Å². The fraction of sp³-hybridized carbons (Fsp3) is 0.833. The Labute approximate surface area is 201 Å². The van der Waals surface area contributed by atoms with E-state index in [0.717, 1.165) is 12.8 Å². The Morgan fingerprint density at radius 2 is 1.70 bits per heavy atom. The van der Waals surface area contributed by atoms with Gasteiger partial charge in [-0.15, -0.1) is 0 Å². The monoisotopic (exact) mass is 495 g/mol. The Morgan fingerprint density at radius 1 is 1.12 bits per heavy atom. The first kappa shape index (κ1) is 26.6. The lowest BCUT2D eigenvalue weighted by atomic mass is 9.92. The largest absolute Gasteiger partial charge is 0.414 e. The van der Waals surface area contributed by atoms with E-state index in [0.29, 0.717) is 18.9 Å². The summed E-state index contributed by atoms with van der Waals surface area (Å²) < 4.78 is 22.2. The van der Waals surface area contributed by atoms with E-state index >= 15 is 0 Å². The van der Waals surface area contributed by atoms with Gasteiger partial charge in [0.1, 0.15) is 17.6 Å². The molecule has 1 aliphatic heterocycles. The Kier molecular flexibility index (Phi) is 6.92. The van der Waals surface area contributed by atoms with Crippen molar-refractivity contribution < 1.29 is 13.6 Å². The number of hydrogen-bond acceptors (Lipinski definition) is 6. The molecule has 2 heterocycles. The van der Waals surface area contributed by atoms with E-state index in [4.69, 9.17) is 19.3 Å². The molecule has 2 N–H and O–H groups in total. The first-order valence-corrected chi connectivity index (χ1v) is 18.1. The highest BCUT2D eigenvalue weighted by Crippen LogP contribution is 2.54. The third-order valence-electron chi connectivity index (χ3n) is 8.45. The lowest BCUT2D eigenvalue weighted by molar-refractivity contribution is -0.135. The van der Waals surface area contributed by atoms with Crippen molar-refractivity contribution >= 4 is 22.5 Å². The van der Waals surface area contributed by atoms with E-state index in [1.165, 1.54) is 0 Å². The van der Waals surface area contributed by atoms with Gasteiger partial charge >= 0.3 is 5.69 Å². The normalized spacial score (nSPS) is 27.2. The molecule has 9 heteroatoms. The second-order valence-electron chi connectivity index (χ2n) is 13.0. The average Bonchev–Trinajstić information content (AvgIpc) is 3.42. The molecule has 2 aliphatic rings. The fourth-order valence-corrected chi connectivity index (χ4v) is 6.32. The van der Waals surface area contributed by atoms with Crippen LogP contribution in [0.4, 0.5) is 5.82 Å². The highest BCUT2D eigenvalue weighted by molar-refractivity contribution is 6.74. The van der Waals surface area contributed by atoms with Crippen molar-refractivity contribution in [1.82, 2.24) is 9.55 Å². The van der Waals surface area contributed by atoms with Crippen LogP contribution in [0.15, 0.2) is 17.1 Å². The van der Waals surface area contributed by atoms with Crippen LogP contribution in [0, 0.1) is 5.92 Å². The summed E-state index contributed by atoms with van der Waals surface area (Å²) in [5, 5.41) is 0.170. The second kappa shape index (κ2) is 8.58. The van der Waals surface area contributed by atoms with Crippen LogP contribution < -0.4 is 11.4 Å². The Bertz CT molecular complexity index is 916. The first-order valence-electron chi connectivity index (χ1n) is 12.2. The van der Waals surface area contributed by atoms with Crippen molar-refractivity contribution in [2.45, 2.75) is 115 Å². The van der Waals surface area contributed by atoms with Crippen molar-refractivity contribution in [3.05, 3.63) is 22.7 Å². The predicted octanol–water partition coefficient (Wildman–Crippen LogP) is 5.31. The number of hydrogen-bond donors (Lipinski definition) is 1. The minimum absolute atomic E-state index is 0.0697. The summed E-state index contributed by atoms with van der Waals surface area (Å²) in [6.45, 7) is 23.1. The van der Waals surface area contributed by atoms with E-state index in [1.807, 2.05) is 0 Å². The number of rotatable bonds is 7. The quantitative estimate of drug-likeness (QED) is 0.516. The lowest BCUT2D eigenvalue weighted by Gasteiger charge is -2.45. The van der Waals surface area contributed by atoms with Gasteiger partial charge in [-0.25, -0.2) is 4.79 Å². The smallest absolute Gasteiger partial charge is 0.351 e. The van der Waals surface area contributed by atoms with Crippen molar-refractivity contribution in [3.8, 4) is 0 Å². The molecule has 0 unspecified atom stereocenters. The summed E-state index contributed by atoms with van der Waals surface area (Å²) in [4.78, 5) is 16.6. The molecule has 7 nitrogen and oxygen atoms in total. The van der Waals surface area contributed by atoms with Gasteiger partial charge in [0.25, 0.3) is 0 Å². The molecule has 0 amide bonds. The van der Waals surface area contributed by atoms with Gasteiger partial charge in [0.05, 0.1) is 12.7 Å². The molecule has 0 radical (unpaired) electrons. The summed E-state index contributed by atoms with van der Waals surface area (Å²) in [6, 6.07) is 1.65. The minimum Gasteiger partial charge on any atom is -0.414 e. The maximum atomic E-state index is 12.7. The molecule has 1 saturated heterocycles. The van der Waals surface area contributed by atoms with Gasteiger partial charge < -0.3 is 19.3 Å². The van der Waals surface area contributed by atoms with Crippen LogP contribution in [0.5, 0.6) is 0 Å². The minimum atomic E-state index is -2.09. The van der Waals surface area contributed by atoms with Gasteiger partial charge in [0.15, 0.2) is 16.6 Å². The van der Waals surface area contributed by atoms with Crippen molar-refractivity contribution in [2.75, 3.05) is 12.3 Å². The third-order valence-corrected chi connectivity index (χ3v) is 17.4. The Morgan fingerprint density at radius 3 is 2.18 bits per heavy atom. The van der Waals surface area contributed by atoms with Gasteiger partial charge in [-0.1, -0.05) is 41.5 Å². The number of ether oxygens (including phenoxy) is 1. The van der Waals surface area contributed by atoms with Gasteiger partial charge in [-0.05, 0) is 61.1 Å². The van der Waals surface area contributed by atoms with Gasteiger partial charge in [0, 0.05) is 12.6 Å². The second-order valence-corrected chi connectivity index (χ2v) is 22.6. The fourth-order valence-electron chi connectivity index (χ4n) is 3.94. The molecule has 2 fully saturated rings. The molecule has 0 bridgehead atoms. The summed E-state index contributed by atoms with van der Waals surface area (Å²) in [6.07, 6.45) is 3.92. The highest BCUT2D eigenvalue weighted by atomic mass is 28.4. The number of anilines is 1. The molecule has 1 saturated carbocycles. The van der Waals surface area contributed by atoms with Crippen LogP contribution in [-0.2, 0) is 13.6 Å². The van der Waals surface area contributed by atoms with Crippen LogP contribution in [0.25, 0.3) is 0 Å². The van der Waals surface area contributed by atoms with E-state index in [1.54, 1.807) is 16.8 Å². The maximum absolute atomic E-state index is 12.7. The molecule has 1 aromatic rings. The molecule has 1 aliphatic carbocycles. The number of nitrogens with two attached hydrogens (primary N) is 1. The van der Waals surface area contributed by atoms with Crippen molar-refractivity contribution in [1.29, 1.82) is 0 Å². The molecule has 1 aromatic heterocycles. The summed E-state index contributed by atoms with van der Waals surface area (Å²) in [7, 11) is -4.09. The lowest BCUT2D eigenvalue weighted by Crippen LogP contribution is -2.56. The zero-order valence-corrected chi connectivity index (χ0v) is 24.3. The molecular weight excluding hydrogens is 450 g/mol. The molecular formula is C24H45N3O4Si2. The Hall–Kier alpha value is -1.01. The zero-order chi connectivity index (χ0) is 25.0. The van der Waals surface area contributed by atoms with Crippen LogP contribution >= 0.6 is 0 Å². The summed E-state index contributed by atoms with van der Waals surface area (Å²) in [5.74, 6) is 0.595. The van der Waals surface area contributed by atoms with E-state index in [2.05, 4.69) is 72.7 Å². The van der Waals surface area contributed by atoms with Crippen LogP contribution in [0.1, 0.15) is 67.0 Å². The summed E-state index contributed by atoms with van der Waals surface area (Å²) >= 11 is 0. The van der Waals surface area contributed by atoms with Crippen molar-refractivity contribution in [3.63, 3.8) is 0 Å². The van der Waals surface area contributed by atoms with E-state index < -0.39 is 28.5 Å². The van der Waals surface area contributed by atoms with Gasteiger partial charge in [-0.3, -0.25) is 4.57 Å². The molecule has 33 heavy (non-hydrogen) atoms. The molecule has 3 rings (SSSR count). The standard InChI is InChI=1S/C24H45N3O4Si2/c1-22(2,3)32(7,8)29-16-24(17-11-12-17)18(31-33(9,10)23(4,5)6)15-20(30-24)27-14-13-19(25)26-21(27)28/h13-14,17-18,20H,11-12,15-16H2,1-10H3,(H2,25,26,28)/t18-,20+,24-/m0/s1. The van der Waals surface area contributed by atoms with Gasteiger partial charge in [0.2, 0.25) is 0 Å². The number of nitrogen functional groups attached to an aromatic ring is 1. The first-order chi connectivity index (χ1) is 14.9. The SMILES string of the molecule is CC(C)(C)[Si](C)(C)OC[C@@]1(C2CC2)O[C@@H](n2ccc(N)nc2=O)C[C@@H]1O[Si](C)(C)C(C)(C)C. The number of aromatic nitrogens is 2. The van der Waals surface area contributed by atoms with E-state index in [9.17, 15) is 4.79 Å². The van der Waals surface area contributed by atoms with Crippen LogP contribution in [-0.4, -0.2) is 44.5 Å². The highest BCUT2D eigenvalue weighted by Gasteiger charge is 2.61. The molecule has 0 spiro atoms. The topological polar surface area (TPSA) is 88.6 Å². The van der Waals surface area contributed by atoms with Crippen molar-refractivity contribution in [2.24, 2.45) is 5.92 Å². The predicted molar refractivity (Wildman–Crippen MR) is 138 cm³/mol. The van der Waals surface area contributed by atoms with Gasteiger partial charge in [-0.2, -0.15) is 4.98 Å². The number of nitrogens with zero attached hydrogens (tertiary/aromatic N) is 2.